The molecule has 0 bridgehead atoms. The highest BCUT2D eigenvalue weighted by molar-refractivity contribution is 4.91. The predicted octanol–water partition coefficient (Wildman–Crippen LogP) is 4.74. The summed E-state index contributed by atoms with van der Waals surface area (Å²) in [5.74, 6) is 3.85. The van der Waals surface area contributed by atoms with Crippen LogP contribution in [0.4, 0.5) is 0 Å². The molecule has 1 rings (SSSR count). The predicted molar refractivity (Wildman–Crippen MR) is 64.3 cm³/mol. The molecule has 1 saturated carbocycles. The van der Waals surface area contributed by atoms with Crippen molar-refractivity contribution in [2.45, 2.75) is 60.8 Å². The molecule has 0 nitrogen and oxygen atoms in total. The lowest BCUT2D eigenvalue weighted by atomic mass is 9.79. The molecule has 0 radical (unpaired) electrons. The summed E-state index contributed by atoms with van der Waals surface area (Å²) < 4.78 is 0. The third kappa shape index (κ3) is 3.63. The summed E-state index contributed by atoms with van der Waals surface area (Å²) >= 11 is 0. The summed E-state index contributed by atoms with van der Waals surface area (Å²) in [6.45, 7) is 14.3. The lowest BCUT2D eigenvalue weighted by molar-refractivity contribution is 0.243. The zero-order chi connectivity index (χ0) is 10.9. The maximum atomic E-state index is 2.45. The van der Waals surface area contributed by atoms with Gasteiger partial charge in [-0.2, -0.15) is 0 Å². The summed E-state index contributed by atoms with van der Waals surface area (Å²) in [6, 6.07) is 0. The topological polar surface area (TPSA) is 0 Å². The average molecular weight is 196 g/mol. The van der Waals surface area contributed by atoms with Crippen LogP contribution in [-0.4, -0.2) is 0 Å². The van der Waals surface area contributed by atoms with Gasteiger partial charge in [-0.15, -0.1) is 0 Å². The van der Waals surface area contributed by atoms with Crippen LogP contribution in [0.25, 0.3) is 0 Å². The van der Waals surface area contributed by atoms with Gasteiger partial charge in [0.15, 0.2) is 0 Å². The van der Waals surface area contributed by atoms with Gasteiger partial charge in [-0.3, -0.25) is 0 Å². The molecule has 0 saturated heterocycles. The van der Waals surface area contributed by atoms with E-state index >= 15 is 0 Å². The first-order valence-corrected chi connectivity index (χ1v) is 6.32. The molecule has 84 valence electrons. The molecule has 0 heterocycles. The van der Waals surface area contributed by atoms with Gasteiger partial charge >= 0.3 is 0 Å². The number of hydrogen-bond acceptors (Lipinski definition) is 0. The molecule has 1 fully saturated rings. The monoisotopic (exact) mass is 196 g/mol. The zero-order valence-electron chi connectivity index (χ0n) is 10.9. The molecule has 0 aromatic heterocycles. The van der Waals surface area contributed by atoms with Gasteiger partial charge in [0.25, 0.3) is 0 Å². The van der Waals surface area contributed by atoms with E-state index in [-0.39, 0.29) is 0 Å². The van der Waals surface area contributed by atoms with E-state index in [1.165, 1.54) is 19.3 Å². The minimum Gasteiger partial charge on any atom is -0.0628 e. The SMILES string of the molecule is CC(C)CC(C)(C)CC1CC1C(C)C. The normalized spacial score (nSPS) is 27.4. The average Bonchev–Trinajstić information content (AvgIpc) is 2.62. The van der Waals surface area contributed by atoms with Crippen LogP contribution >= 0.6 is 0 Å². The van der Waals surface area contributed by atoms with Gasteiger partial charge in [-0.05, 0) is 48.3 Å². The molecule has 0 aromatic rings. The molecule has 1 aliphatic rings. The molecule has 0 amide bonds. The smallest absolute Gasteiger partial charge is 0.0349 e. The van der Waals surface area contributed by atoms with Gasteiger partial charge in [-0.1, -0.05) is 41.5 Å². The third-order valence-corrected chi connectivity index (χ3v) is 3.61. The van der Waals surface area contributed by atoms with Crippen molar-refractivity contribution in [2.24, 2.45) is 29.1 Å². The molecule has 0 aliphatic heterocycles. The fourth-order valence-electron chi connectivity index (χ4n) is 3.22. The van der Waals surface area contributed by atoms with Gasteiger partial charge in [0.1, 0.15) is 0 Å². The highest BCUT2D eigenvalue weighted by Gasteiger charge is 2.41. The standard InChI is InChI=1S/C14H28/c1-10(2)8-14(5,6)9-12-7-13(12)11(3)4/h10-13H,7-9H2,1-6H3. The second-order valence-corrected chi connectivity index (χ2v) is 6.87. The van der Waals surface area contributed by atoms with E-state index in [0.717, 1.165) is 23.7 Å². The van der Waals surface area contributed by atoms with Crippen LogP contribution in [0.5, 0.6) is 0 Å². The molecule has 0 aromatic carbocycles. The molecule has 0 heteroatoms. The van der Waals surface area contributed by atoms with E-state index in [9.17, 15) is 0 Å². The second kappa shape index (κ2) is 4.24. The largest absolute Gasteiger partial charge is 0.0628 e. The van der Waals surface area contributed by atoms with Gasteiger partial charge in [0.05, 0.1) is 0 Å². The van der Waals surface area contributed by atoms with Gasteiger partial charge in [0, 0.05) is 0 Å². The number of rotatable bonds is 5. The van der Waals surface area contributed by atoms with Crippen molar-refractivity contribution >= 4 is 0 Å². The van der Waals surface area contributed by atoms with E-state index in [4.69, 9.17) is 0 Å². The molecule has 2 unspecified atom stereocenters. The Hall–Kier alpha value is 0. The van der Waals surface area contributed by atoms with Crippen molar-refractivity contribution in [1.29, 1.82) is 0 Å². The van der Waals surface area contributed by atoms with E-state index in [2.05, 4.69) is 41.5 Å². The maximum Gasteiger partial charge on any atom is -0.0349 e. The quantitative estimate of drug-likeness (QED) is 0.595. The molecular weight excluding hydrogens is 168 g/mol. The Bertz CT molecular complexity index is 176. The van der Waals surface area contributed by atoms with Gasteiger partial charge < -0.3 is 0 Å². The highest BCUT2D eigenvalue weighted by Crippen LogP contribution is 2.51. The van der Waals surface area contributed by atoms with Crippen molar-refractivity contribution in [3.05, 3.63) is 0 Å². The lowest BCUT2D eigenvalue weighted by Gasteiger charge is -2.27. The van der Waals surface area contributed by atoms with Gasteiger partial charge in [-0.25, -0.2) is 0 Å². The Morgan fingerprint density at radius 3 is 2.07 bits per heavy atom. The van der Waals surface area contributed by atoms with Gasteiger partial charge in [0.2, 0.25) is 0 Å². The summed E-state index contributed by atoms with van der Waals surface area (Å²) in [4.78, 5) is 0. The molecule has 2 atom stereocenters. The fraction of sp³-hybridized carbons (Fsp3) is 1.00. The molecular formula is C14H28. The van der Waals surface area contributed by atoms with Crippen molar-refractivity contribution in [3.63, 3.8) is 0 Å². The first kappa shape index (κ1) is 12.1. The van der Waals surface area contributed by atoms with Crippen LogP contribution in [0.15, 0.2) is 0 Å². The Morgan fingerprint density at radius 2 is 1.71 bits per heavy atom. The third-order valence-electron chi connectivity index (χ3n) is 3.61. The fourth-order valence-corrected chi connectivity index (χ4v) is 3.22. The Balaban J connectivity index is 2.31. The first-order chi connectivity index (χ1) is 6.32. The van der Waals surface area contributed by atoms with Crippen molar-refractivity contribution < 1.29 is 0 Å². The zero-order valence-corrected chi connectivity index (χ0v) is 10.9. The van der Waals surface area contributed by atoms with Crippen LogP contribution in [-0.2, 0) is 0 Å². The van der Waals surface area contributed by atoms with Crippen molar-refractivity contribution in [1.82, 2.24) is 0 Å². The van der Waals surface area contributed by atoms with Crippen LogP contribution in [0, 0.1) is 29.1 Å². The van der Waals surface area contributed by atoms with Crippen molar-refractivity contribution in [3.8, 4) is 0 Å². The molecule has 0 spiro atoms. The Morgan fingerprint density at radius 1 is 1.14 bits per heavy atom. The van der Waals surface area contributed by atoms with E-state index in [0.29, 0.717) is 5.41 Å². The van der Waals surface area contributed by atoms with E-state index in [1.54, 1.807) is 0 Å². The van der Waals surface area contributed by atoms with E-state index in [1.807, 2.05) is 0 Å². The summed E-state index contributed by atoms with van der Waals surface area (Å²) in [5, 5.41) is 0. The Labute approximate surface area is 90.5 Å². The Kier molecular flexibility index (Phi) is 3.66. The minimum absolute atomic E-state index is 0.572. The molecule has 14 heavy (non-hydrogen) atoms. The molecule has 1 aliphatic carbocycles. The minimum atomic E-state index is 0.572. The summed E-state index contributed by atoms with van der Waals surface area (Å²) in [7, 11) is 0. The summed E-state index contributed by atoms with van der Waals surface area (Å²) in [6.07, 6.45) is 4.33. The van der Waals surface area contributed by atoms with Crippen LogP contribution < -0.4 is 0 Å². The molecule has 0 N–H and O–H groups in total. The highest BCUT2D eigenvalue weighted by atomic mass is 14.5. The first-order valence-electron chi connectivity index (χ1n) is 6.32. The van der Waals surface area contributed by atoms with Crippen LogP contribution in [0.2, 0.25) is 0 Å². The van der Waals surface area contributed by atoms with Crippen LogP contribution in [0.3, 0.4) is 0 Å². The van der Waals surface area contributed by atoms with Crippen molar-refractivity contribution in [2.75, 3.05) is 0 Å². The van der Waals surface area contributed by atoms with E-state index < -0.39 is 0 Å². The number of hydrogen-bond donors (Lipinski definition) is 0. The second-order valence-electron chi connectivity index (χ2n) is 6.87. The maximum absolute atomic E-state index is 2.45. The summed E-state index contributed by atoms with van der Waals surface area (Å²) in [5.41, 5.74) is 0.572. The van der Waals surface area contributed by atoms with Crippen LogP contribution in [0.1, 0.15) is 60.8 Å². The lowest BCUT2D eigenvalue weighted by Crippen LogP contribution is -2.16.